The molecule has 6 nitrogen and oxygen atoms in total. The van der Waals surface area contributed by atoms with Crippen LogP contribution in [0.2, 0.25) is 0 Å². The Hall–Kier alpha value is -2.38. The first-order chi connectivity index (χ1) is 13.4. The summed E-state index contributed by atoms with van der Waals surface area (Å²) in [5.41, 5.74) is 1.55. The molecule has 2 aromatic carbocycles. The summed E-state index contributed by atoms with van der Waals surface area (Å²) in [6, 6.07) is 13.8. The van der Waals surface area contributed by atoms with E-state index in [1.165, 1.54) is 6.07 Å². The lowest BCUT2D eigenvalue weighted by atomic mass is 10.2. The number of aryl methyl sites for hydroxylation is 1. The number of ether oxygens (including phenoxy) is 1. The molecule has 1 heterocycles. The lowest BCUT2D eigenvalue weighted by molar-refractivity contribution is -0.118. The average molecular weight is 403 g/mol. The van der Waals surface area contributed by atoms with Gasteiger partial charge in [-0.2, -0.15) is 4.31 Å². The van der Waals surface area contributed by atoms with Crippen LogP contribution in [0.5, 0.6) is 5.75 Å². The van der Waals surface area contributed by atoms with Crippen LogP contribution in [-0.2, 0) is 14.8 Å². The molecule has 3 rings (SSSR count). The molecule has 0 bridgehead atoms. The van der Waals surface area contributed by atoms with E-state index in [9.17, 15) is 13.2 Å². The summed E-state index contributed by atoms with van der Waals surface area (Å²) in [5, 5.41) is 2.70. The molecule has 0 saturated carbocycles. The second kappa shape index (κ2) is 9.21. The summed E-state index contributed by atoms with van der Waals surface area (Å²) >= 11 is 0. The largest absolute Gasteiger partial charge is 0.484 e. The van der Waals surface area contributed by atoms with E-state index in [1.54, 1.807) is 34.6 Å². The van der Waals surface area contributed by atoms with Crippen molar-refractivity contribution in [3.63, 3.8) is 0 Å². The minimum atomic E-state index is -3.55. The lowest BCUT2D eigenvalue weighted by Gasteiger charge is -2.20. The Morgan fingerprint density at radius 2 is 1.71 bits per heavy atom. The van der Waals surface area contributed by atoms with Crippen molar-refractivity contribution in [3.8, 4) is 5.75 Å². The summed E-state index contributed by atoms with van der Waals surface area (Å²) in [4.78, 5) is 12.4. The molecule has 150 valence electrons. The number of anilines is 1. The quantitative estimate of drug-likeness (QED) is 0.801. The zero-order valence-corrected chi connectivity index (χ0v) is 16.9. The highest BCUT2D eigenvalue weighted by Crippen LogP contribution is 2.22. The van der Waals surface area contributed by atoms with Gasteiger partial charge < -0.3 is 10.1 Å². The first-order valence-corrected chi connectivity index (χ1v) is 11.0. The van der Waals surface area contributed by atoms with E-state index in [4.69, 9.17) is 4.74 Å². The molecule has 1 saturated heterocycles. The molecule has 0 aliphatic carbocycles. The molecular weight excluding hydrogens is 376 g/mol. The molecule has 1 N–H and O–H groups in total. The average Bonchev–Trinajstić information content (AvgIpc) is 2.98. The Morgan fingerprint density at radius 3 is 2.39 bits per heavy atom. The Balaban J connectivity index is 1.63. The molecule has 0 aromatic heterocycles. The summed E-state index contributed by atoms with van der Waals surface area (Å²) in [7, 11) is -3.55. The Kier molecular flexibility index (Phi) is 6.70. The number of benzene rings is 2. The second-order valence-electron chi connectivity index (χ2n) is 7.00. The zero-order chi connectivity index (χ0) is 20.0. The molecule has 0 spiro atoms. The van der Waals surface area contributed by atoms with Gasteiger partial charge in [-0.3, -0.25) is 4.79 Å². The van der Waals surface area contributed by atoms with Crippen LogP contribution < -0.4 is 10.1 Å². The predicted octanol–water partition coefficient (Wildman–Crippen LogP) is 3.58. The van der Waals surface area contributed by atoms with Crippen molar-refractivity contribution in [1.29, 1.82) is 0 Å². The van der Waals surface area contributed by atoms with Gasteiger partial charge in [-0.25, -0.2) is 8.42 Å². The number of nitrogens with zero attached hydrogens (tertiary/aromatic N) is 1. The van der Waals surface area contributed by atoms with E-state index in [-0.39, 0.29) is 17.4 Å². The van der Waals surface area contributed by atoms with Crippen molar-refractivity contribution < 1.29 is 17.9 Å². The van der Waals surface area contributed by atoms with Crippen LogP contribution >= 0.6 is 0 Å². The standard InChI is InChI=1S/C21H26N2O4S/c1-17-9-11-19(12-10-17)27-16-21(24)22-18-7-6-8-20(15-18)28(25,26)23-13-4-2-3-5-14-23/h6-12,15H,2-5,13-14,16H2,1H3,(H,22,24). The molecule has 7 heteroatoms. The zero-order valence-electron chi connectivity index (χ0n) is 16.1. The van der Waals surface area contributed by atoms with E-state index in [2.05, 4.69) is 5.32 Å². The Bertz CT molecular complexity index is 902. The van der Waals surface area contributed by atoms with Gasteiger partial charge in [0.15, 0.2) is 6.61 Å². The number of carbonyl (C=O) groups excluding carboxylic acids is 1. The lowest BCUT2D eigenvalue weighted by Crippen LogP contribution is -2.32. The van der Waals surface area contributed by atoms with Crippen molar-refractivity contribution >= 4 is 21.6 Å². The van der Waals surface area contributed by atoms with Gasteiger partial charge in [0, 0.05) is 18.8 Å². The van der Waals surface area contributed by atoms with E-state index in [0.29, 0.717) is 24.5 Å². The van der Waals surface area contributed by atoms with Crippen LogP contribution in [0.1, 0.15) is 31.2 Å². The van der Waals surface area contributed by atoms with Gasteiger partial charge in [-0.05, 0) is 50.1 Å². The second-order valence-corrected chi connectivity index (χ2v) is 8.93. The van der Waals surface area contributed by atoms with Crippen LogP contribution in [0.25, 0.3) is 0 Å². The SMILES string of the molecule is Cc1ccc(OCC(=O)Nc2cccc(S(=O)(=O)N3CCCCCC3)c2)cc1. The summed E-state index contributed by atoms with van der Waals surface area (Å²) in [5.74, 6) is 0.267. The fourth-order valence-corrected chi connectivity index (χ4v) is 4.71. The van der Waals surface area contributed by atoms with Crippen LogP contribution in [0.15, 0.2) is 53.4 Å². The van der Waals surface area contributed by atoms with Gasteiger partial charge in [0.05, 0.1) is 4.90 Å². The highest BCUT2D eigenvalue weighted by molar-refractivity contribution is 7.89. The third-order valence-electron chi connectivity index (χ3n) is 4.71. The molecule has 1 aliphatic rings. The van der Waals surface area contributed by atoms with E-state index in [1.807, 2.05) is 19.1 Å². The molecule has 0 atom stereocenters. The summed E-state index contributed by atoms with van der Waals surface area (Å²) in [6.45, 7) is 2.92. The molecule has 0 radical (unpaired) electrons. The maximum absolute atomic E-state index is 12.9. The number of amides is 1. The number of nitrogens with one attached hydrogen (secondary N) is 1. The molecular formula is C21H26N2O4S. The number of rotatable bonds is 6. The molecule has 1 aliphatic heterocycles. The van der Waals surface area contributed by atoms with E-state index in [0.717, 1.165) is 31.2 Å². The number of carbonyl (C=O) groups is 1. The monoisotopic (exact) mass is 402 g/mol. The van der Waals surface area contributed by atoms with Crippen LogP contribution in [-0.4, -0.2) is 38.3 Å². The van der Waals surface area contributed by atoms with Gasteiger partial charge >= 0.3 is 0 Å². The highest BCUT2D eigenvalue weighted by Gasteiger charge is 2.25. The van der Waals surface area contributed by atoms with Gasteiger partial charge in [0.2, 0.25) is 10.0 Å². The van der Waals surface area contributed by atoms with Crippen molar-refractivity contribution in [2.45, 2.75) is 37.5 Å². The van der Waals surface area contributed by atoms with Crippen LogP contribution in [0.4, 0.5) is 5.69 Å². The van der Waals surface area contributed by atoms with Crippen molar-refractivity contribution in [2.24, 2.45) is 0 Å². The third-order valence-corrected chi connectivity index (χ3v) is 6.61. The smallest absolute Gasteiger partial charge is 0.262 e. The fourth-order valence-electron chi connectivity index (χ4n) is 3.15. The number of hydrogen-bond donors (Lipinski definition) is 1. The first-order valence-electron chi connectivity index (χ1n) is 9.55. The van der Waals surface area contributed by atoms with Gasteiger partial charge in [0.25, 0.3) is 5.91 Å². The maximum Gasteiger partial charge on any atom is 0.262 e. The molecule has 28 heavy (non-hydrogen) atoms. The topological polar surface area (TPSA) is 75.7 Å². The van der Waals surface area contributed by atoms with E-state index < -0.39 is 10.0 Å². The minimum absolute atomic E-state index is 0.147. The number of sulfonamides is 1. The normalized spacial score (nSPS) is 15.6. The summed E-state index contributed by atoms with van der Waals surface area (Å²) < 4.78 is 32.8. The third kappa shape index (κ3) is 5.33. The first kappa shape index (κ1) is 20.4. The Labute approximate surface area is 166 Å². The maximum atomic E-state index is 12.9. The molecule has 1 amide bonds. The van der Waals surface area contributed by atoms with Gasteiger partial charge in [-0.15, -0.1) is 0 Å². The molecule has 2 aromatic rings. The Morgan fingerprint density at radius 1 is 1.04 bits per heavy atom. The van der Waals surface area contributed by atoms with Crippen molar-refractivity contribution in [1.82, 2.24) is 4.31 Å². The van der Waals surface area contributed by atoms with Crippen LogP contribution in [0.3, 0.4) is 0 Å². The predicted molar refractivity (Wildman–Crippen MR) is 109 cm³/mol. The van der Waals surface area contributed by atoms with E-state index >= 15 is 0 Å². The highest BCUT2D eigenvalue weighted by atomic mass is 32.2. The van der Waals surface area contributed by atoms with Gasteiger partial charge in [-0.1, -0.05) is 36.6 Å². The molecule has 0 unspecified atom stereocenters. The minimum Gasteiger partial charge on any atom is -0.484 e. The van der Waals surface area contributed by atoms with Crippen LogP contribution in [0, 0.1) is 6.92 Å². The fraction of sp³-hybridized carbons (Fsp3) is 0.381. The van der Waals surface area contributed by atoms with Crippen molar-refractivity contribution in [3.05, 3.63) is 54.1 Å². The number of hydrogen-bond acceptors (Lipinski definition) is 4. The summed E-state index contributed by atoms with van der Waals surface area (Å²) in [6.07, 6.45) is 3.88. The van der Waals surface area contributed by atoms with Crippen molar-refractivity contribution in [2.75, 3.05) is 25.0 Å². The molecule has 1 fully saturated rings. The van der Waals surface area contributed by atoms with Gasteiger partial charge in [0.1, 0.15) is 5.75 Å².